The van der Waals surface area contributed by atoms with Crippen molar-refractivity contribution in [3.05, 3.63) is 47.7 Å². The van der Waals surface area contributed by atoms with Gasteiger partial charge in [0.2, 0.25) is 0 Å². The maximum Gasteiger partial charge on any atom is 0.157 e. The third-order valence-electron chi connectivity index (χ3n) is 6.09. The van der Waals surface area contributed by atoms with E-state index < -0.39 is 6.23 Å². The number of fused-ring (bicyclic) bond motifs is 1. The molecule has 1 fully saturated rings. The van der Waals surface area contributed by atoms with Gasteiger partial charge in [-0.25, -0.2) is 4.39 Å². The number of aromatic nitrogens is 4. The van der Waals surface area contributed by atoms with Gasteiger partial charge in [-0.3, -0.25) is 14.3 Å². The predicted octanol–water partition coefficient (Wildman–Crippen LogP) is 3.27. The Hall–Kier alpha value is -2.71. The van der Waals surface area contributed by atoms with Crippen LogP contribution in [0.3, 0.4) is 0 Å². The van der Waals surface area contributed by atoms with Crippen molar-refractivity contribution in [1.82, 2.24) is 24.5 Å². The number of aliphatic hydroxyl groups is 1. The number of anilines is 2. The molecular formula is C22H27FN6O. The first kappa shape index (κ1) is 19.3. The molecule has 8 heteroatoms. The third-order valence-corrected chi connectivity index (χ3v) is 6.09. The van der Waals surface area contributed by atoms with E-state index in [2.05, 4.69) is 15.1 Å². The molecule has 1 unspecified atom stereocenters. The van der Waals surface area contributed by atoms with E-state index in [0.29, 0.717) is 29.5 Å². The Morgan fingerprint density at radius 3 is 2.87 bits per heavy atom. The van der Waals surface area contributed by atoms with Gasteiger partial charge in [-0.15, -0.1) is 0 Å². The summed E-state index contributed by atoms with van der Waals surface area (Å²) in [5.41, 5.74) is 3.88. The van der Waals surface area contributed by atoms with Crippen LogP contribution in [0.15, 0.2) is 30.6 Å². The highest BCUT2D eigenvalue weighted by molar-refractivity contribution is 5.71. The zero-order valence-corrected chi connectivity index (χ0v) is 17.3. The molecule has 1 aliphatic carbocycles. The summed E-state index contributed by atoms with van der Waals surface area (Å²) < 4.78 is 19.1. The smallest absolute Gasteiger partial charge is 0.157 e. The molecule has 2 N–H and O–H groups in total. The highest BCUT2D eigenvalue weighted by Gasteiger charge is 2.30. The quantitative estimate of drug-likeness (QED) is 0.653. The zero-order chi connectivity index (χ0) is 20.8. The van der Waals surface area contributed by atoms with Gasteiger partial charge < -0.3 is 10.4 Å². The molecule has 1 aliphatic heterocycles. The van der Waals surface area contributed by atoms with Crippen molar-refractivity contribution >= 4 is 11.5 Å². The molecular weight excluding hydrogens is 383 g/mol. The Labute approximate surface area is 175 Å². The fourth-order valence-corrected chi connectivity index (χ4v) is 4.17. The number of nitrogens with zero attached hydrogens (tertiary/aromatic N) is 5. The summed E-state index contributed by atoms with van der Waals surface area (Å²) in [6.45, 7) is 4.09. The summed E-state index contributed by atoms with van der Waals surface area (Å²) in [5, 5.41) is 22.3. The van der Waals surface area contributed by atoms with Crippen LogP contribution < -0.4 is 5.32 Å². The lowest BCUT2D eigenvalue weighted by Gasteiger charge is -2.30. The van der Waals surface area contributed by atoms with Crippen molar-refractivity contribution in [3.8, 4) is 11.1 Å². The summed E-state index contributed by atoms with van der Waals surface area (Å²) in [6, 6.07) is 5.33. The van der Waals surface area contributed by atoms with Gasteiger partial charge in [0, 0.05) is 61.7 Å². The second kappa shape index (κ2) is 7.52. The number of rotatable bonds is 6. The average Bonchev–Trinajstić information content (AvgIpc) is 3.34. The van der Waals surface area contributed by atoms with E-state index in [9.17, 15) is 5.11 Å². The van der Waals surface area contributed by atoms with E-state index in [0.717, 1.165) is 30.6 Å². The molecule has 0 amide bonds. The molecule has 1 aromatic carbocycles. The number of halogens is 1. The summed E-state index contributed by atoms with van der Waals surface area (Å²) in [7, 11) is 1.82. The van der Waals surface area contributed by atoms with Crippen LogP contribution in [0.25, 0.3) is 11.1 Å². The summed E-state index contributed by atoms with van der Waals surface area (Å²) in [6.07, 6.45) is 6.27. The van der Waals surface area contributed by atoms with Gasteiger partial charge >= 0.3 is 0 Å². The van der Waals surface area contributed by atoms with Gasteiger partial charge in [0.25, 0.3) is 0 Å². The zero-order valence-electron chi connectivity index (χ0n) is 17.3. The van der Waals surface area contributed by atoms with Crippen molar-refractivity contribution in [2.24, 2.45) is 13.0 Å². The molecule has 1 atom stereocenters. The molecule has 5 rings (SSSR count). The molecule has 3 heterocycles. The Bertz CT molecular complexity index is 1070. The normalized spacial score (nSPS) is 17.7. The maximum absolute atomic E-state index is 15.3. The molecule has 3 aromatic rings. The molecule has 1 saturated carbocycles. The molecule has 7 nitrogen and oxygen atoms in total. The molecule has 0 saturated heterocycles. The molecule has 158 valence electrons. The first-order chi connectivity index (χ1) is 14.5. The van der Waals surface area contributed by atoms with Crippen molar-refractivity contribution in [2.45, 2.75) is 45.5 Å². The number of aryl methyl sites for hydroxylation is 1. The van der Waals surface area contributed by atoms with Crippen LogP contribution in [-0.2, 0) is 26.6 Å². The average molecular weight is 410 g/mol. The van der Waals surface area contributed by atoms with Gasteiger partial charge in [-0.1, -0.05) is 12.1 Å². The highest BCUT2D eigenvalue weighted by atomic mass is 19.1. The molecule has 0 bridgehead atoms. The van der Waals surface area contributed by atoms with Crippen molar-refractivity contribution < 1.29 is 9.50 Å². The topological polar surface area (TPSA) is 71.1 Å². The summed E-state index contributed by atoms with van der Waals surface area (Å²) in [5.74, 6) is 1.06. The lowest BCUT2D eigenvalue weighted by molar-refractivity contribution is 0.00879. The van der Waals surface area contributed by atoms with Crippen molar-refractivity contribution in [3.63, 3.8) is 0 Å². The summed E-state index contributed by atoms with van der Waals surface area (Å²) >= 11 is 0. The second-order valence-corrected chi connectivity index (χ2v) is 8.45. The first-order valence-electron chi connectivity index (χ1n) is 10.5. The van der Waals surface area contributed by atoms with E-state index in [1.165, 1.54) is 18.5 Å². The minimum absolute atomic E-state index is 0.320. The lowest BCUT2D eigenvalue weighted by Crippen LogP contribution is -2.37. The first-order valence-corrected chi connectivity index (χ1v) is 10.5. The van der Waals surface area contributed by atoms with Gasteiger partial charge in [-0.05, 0) is 31.7 Å². The fraction of sp³-hybridized carbons (Fsp3) is 0.455. The number of hydrogen-bond donors (Lipinski definition) is 2. The second-order valence-electron chi connectivity index (χ2n) is 8.45. The van der Waals surface area contributed by atoms with Gasteiger partial charge in [0.05, 0.1) is 11.9 Å². The Balaban J connectivity index is 1.49. The third kappa shape index (κ3) is 3.61. The predicted molar refractivity (Wildman–Crippen MR) is 113 cm³/mol. The number of benzene rings is 1. The highest BCUT2D eigenvalue weighted by Crippen LogP contribution is 2.36. The Kier molecular flexibility index (Phi) is 4.83. The molecule has 30 heavy (non-hydrogen) atoms. The Morgan fingerprint density at radius 2 is 2.17 bits per heavy atom. The minimum Gasteiger partial charge on any atom is -0.379 e. The summed E-state index contributed by atoms with van der Waals surface area (Å²) in [4.78, 5) is 2.01. The lowest BCUT2D eigenvalue weighted by atomic mass is 10.1. The van der Waals surface area contributed by atoms with Crippen LogP contribution in [-0.4, -0.2) is 42.3 Å². The largest absolute Gasteiger partial charge is 0.379 e. The van der Waals surface area contributed by atoms with E-state index in [-0.39, 0.29) is 5.82 Å². The van der Waals surface area contributed by atoms with E-state index in [1.54, 1.807) is 36.1 Å². The molecule has 2 aromatic heterocycles. The maximum atomic E-state index is 15.3. The van der Waals surface area contributed by atoms with E-state index in [4.69, 9.17) is 5.10 Å². The van der Waals surface area contributed by atoms with E-state index in [1.807, 2.05) is 18.0 Å². The SMILES string of the molecule is CC(O)N1CCc2c(c(Nc3cccc(-c4cnn(C)c4)c3F)nn2CC2CC2)C1. The molecule has 0 spiro atoms. The van der Waals surface area contributed by atoms with Crippen LogP contribution in [0.5, 0.6) is 0 Å². The minimum atomic E-state index is -0.525. The molecule has 2 aliphatic rings. The van der Waals surface area contributed by atoms with Crippen LogP contribution in [0, 0.1) is 11.7 Å². The standard InChI is InChI=1S/C22H27FN6O/c1-14(30)28-9-8-20-18(13-28)22(26-29(20)11-15-6-7-15)25-19-5-3-4-17(21(19)23)16-10-24-27(2)12-16/h3-5,10,12,14-15,30H,6-9,11,13H2,1-2H3,(H,25,26). The number of aliphatic hydroxyl groups excluding tert-OH is 1. The monoisotopic (exact) mass is 410 g/mol. The molecule has 0 radical (unpaired) electrons. The Morgan fingerprint density at radius 1 is 1.33 bits per heavy atom. The van der Waals surface area contributed by atoms with Gasteiger partial charge in [0.1, 0.15) is 6.23 Å². The fourth-order valence-electron chi connectivity index (χ4n) is 4.17. The van der Waals surface area contributed by atoms with Crippen molar-refractivity contribution in [1.29, 1.82) is 0 Å². The number of nitrogens with one attached hydrogen (secondary N) is 1. The van der Waals surface area contributed by atoms with Crippen molar-refractivity contribution in [2.75, 3.05) is 11.9 Å². The van der Waals surface area contributed by atoms with Crippen LogP contribution in [0.2, 0.25) is 0 Å². The number of hydrogen-bond acceptors (Lipinski definition) is 5. The van der Waals surface area contributed by atoms with Gasteiger partial charge in [-0.2, -0.15) is 10.2 Å². The van der Waals surface area contributed by atoms with Gasteiger partial charge in [0.15, 0.2) is 11.6 Å². The van der Waals surface area contributed by atoms with E-state index >= 15 is 4.39 Å². The van der Waals surface area contributed by atoms with Crippen LogP contribution in [0.4, 0.5) is 15.9 Å². The van der Waals surface area contributed by atoms with Crippen LogP contribution >= 0.6 is 0 Å². The van der Waals surface area contributed by atoms with Crippen LogP contribution in [0.1, 0.15) is 31.0 Å².